The quantitative estimate of drug-likeness (QED) is 0.548. The van der Waals surface area contributed by atoms with Crippen LogP contribution in [0.25, 0.3) is 0 Å². The van der Waals surface area contributed by atoms with E-state index in [2.05, 4.69) is 0 Å². The molecule has 1 aliphatic heterocycles. The fourth-order valence-corrected chi connectivity index (χ4v) is 1.15. The molecule has 1 atom stereocenters. The minimum atomic E-state index is -2.03. The van der Waals surface area contributed by atoms with E-state index >= 15 is 0 Å². The number of nitrogens with zero attached hydrogens (tertiary/aromatic N) is 2. The Bertz CT molecular complexity index is 210. The summed E-state index contributed by atoms with van der Waals surface area (Å²) < 4.78 is 21.8. The van der Waals surface area contributed by atoms with Crippen LogP contribution < -0.4 is 0 Å². The lowest BCUT2D eigenvalue weighted by atomic mass is 10.3. The zero-order chi connectivity index (χ0) is 10.2. The molecule has 0 unspecified atom stereocenters. The molecular formula is C8H16N2. The van der Waals surface area contributed by atoms with Gasteiger partial charge in [-0.25, -0.2) is 0 Å². The predicted octanol–water partition coefficient (Wildman–Crippen LogP) is 1.46. The third-order valence-electron chi connectivity index (χ3n) is 1.83. The Kier molecular flexibility index (Phi) is 1.08. The molecule has 0 aromatic heterocycles. The first-order valence-electron chi connectivity index (χ1n) is 5.08. The third-order valence-corrected chi connectivity index (χ3v) is 1.83. The van der Waals surface area contributed by atoms with Gasteiger partial charge in [0.15, 0.2) is 0 Å². The van der Waals surface area contributed by atoms with Crippen molar-refractivity contribution in [1.82, 2.24) is 9.80 Å². The molecule has 1 rings (SSSR count). The molecule has 0 radical (unpaired) electrons. The summed E-state index contributed by atoms with van der Waals surface area (Å²) >= 11 is 0. The van der Waals surface area contributed by atoms with Crippen molar-refractivity contribution >= 4 is 0 Å². The zero-order valence-corrected chi connectivity index (χ0v) is 6.70. The number of hydrogen-bond acceptors (Lipinski definition) is 2. The van der Waals surface area contributed by atoms with Crippen LogP contribution in [0.1, 0.15) is 24.9 Å². The predicted molar refractivity (Wildman–Crippen MR) is 43.3 cm³/mol. The molecule has 1 aliphatic rings. The summed E-state index contributed by atoms with van der Waals surface area (Å²) in [6.45, 7) is 3.96. The Morgan fingerprint density at radius 3 is 2.50 bits per heavy atom. The van der Waals surface area contributed by atoms with Crippen molar-refractivity contribution in [3.63, 3.8) is 0 Å². The summed E-state index contributed by atoms with van der Waals surface area (Å²) in [5, 5.41) is 0. The van der Waals surface area contributed by atoms with Crippen LogP contribution in [0.3, 0.4) is 0 Å². The third kappa shape index (κ3) is 1.11. The molecule has 0 amide bonds. The van der Waals surface area contributed by atoms with Crippen LogP contribution in [0, 0.1) is 0 Å². The lowest BCUT2D eigenvalue weighted by Crippen LogP contribution is -2.37. The minimum Gasteiger partial charge on any atom is -0.359 e. The first-order valence-corrected chi connectivity index (χ1v) is 3.58. The van der Waals surface area contributed by atoms with E-state index in [1.54, 1.807) is 6.20 Å². The standard InChI is InChI=1S/C8H16N2/c1-7(2)10-6-5-9(4)8(10)3/h5-8H,1-4H3/t8-/m1/s1/i4D3. The first-order chi connectivity index (χ1) is 5.84. The molecule has 0 fully saturated rings. The fraction of sp³-hybridized carbons (Fsp3) is 0.750. The van der Waals surface area contributed by atoms with E-state index in [1.165, 1.54) is 4.90 Å². The summed E-state index contributed by atoms with van der Waals surface area (Å²) in [6, 6.07) is 0.332. The van der Waals surface area contributed by atoms with Crippen LogP contribution in [0.15, 0.2) is 12.4 Å². The molecule has 2 heteroatoms. The van der Waals surface area contributed by atoms with Gasteiger partial charge in [0.1, 0.15) is 0 Å². The summed E-state index contributed by atoms with van der Waals surface area (Å²) in [5.74, 6) is 0. The Morgan fingerprint density at radius 1 is 1.50 bits per heavy atom. The van der Waals surface area contributed by atoms with Gasteiger partial charge in [-0.05, 0) is 20.8 Å². The number of hydrogen-bond donors (Lipinski definition) is 0. The normalized spacial score (nSPS) is 30.8. The number of rotatable bonds is 1. The second-order valence-corrected chi connectivity index (χ2v) is 2.88. The topological polar surface area (TPSA) is 6.48 Å². The minimum absolute atomic E-state index is 0.0764. The van der Waals surface area contributed by atoms with Gasteiger partial charge >= 0.3 is 0 Å². The molecule has 10 heavy (non-hydrogen) atoms. The average molecular weight is 143 g/mol. The van der Waals surface area contributed by atoms with Gasteiger partial charge in [0.2, 0.25) is 0 Å². The molecule has 1 heterocycles. The Labute approximate surface area is 67.3 Å². The highest BCUT2D eigenvalue weighted by atomic mass is 15.4. The highest BCUT2D eigenvalue weighted by Gasteiger charge is 2.19. The maximum Gasteiger partial charge on any atom is 0.0977 e. The van der Waals surface area contributed by atoms with Crippen LogP contribution in [0.2, 0.25) is 0 Å². The van der Waals surface area contributed by atoms with Crippen molar-refractivity contribution in [3.05, 3.63) is 12.4 Å². The van der Waals surface area contributed by atoms with E-state index in [0.29, 0.717) is 6.04 Å². The Morgan fingerprint density at radius 2 is 2.20 bits per heavy atom. The molecule has 0 bridgehead atoms. The molecule has 0 aromatic rings. The van der Waals surface area contributed by atoms with E-state index in [9.17, 15) is 0 Å². The summed E-state index contributed by atoms with van der Waals surface area (Å²) in [7, 11) is 0. The van der Waals surface area contributed by atoms with Crippen LogP contribution >= 0.6 is 0 Å². The molecule has 58 valence electrons. The van der Waals surface area contributed by atoms with E-state index in [-0.39, 0.29) is 6.17 Å². The van der Waals surface area contributed by atoms with Gasteiger partial charge in [0, 0.05) is 29.5 Å². The van der Waals surface area contributed by atoms with Gasteiger partial charge in [0.25, 0.3) is 0 Å². The van der Waals surface area contributed by atoms with E-state index in [4.69, 9.17) is 4.11 Å². The molecule has 0 saturated heterocycles. The largest absolute Gasteiger partial charge is 0.359 e. The summed E-state index contributed by atoms with van der Waals surface area (Å²) in [4.78, 5) is 3.42. The molecular weight excluding hydrogens is 124 g/mol. The average Bonchev–Trinajstić information content (AvgIpc) is 2.28. The van der Waals surface area contributed by atoms with Crippen molar-refractivity contribution in [3.8, 4) is 0 Å². The van der Waals surface area contributed by atoms with Gasteiger partial charge in [-0.15, -0.1) is 0 Å². The fourth-order valence-electron chi connectivity index (χ4n) is 1.15. The molecule has 0 N–H and O–H groups in total. The SMILES string of the molecule is [2H]C([2H])([2H])N1C=CN(C(C)C)[C@@H]1C. The van der Waals surface area contributed by atoms with Crippen LogP contribution in [-0.4, -0.2) is 29.0 Å². The lowest BCUT2D eigenvalue weighted by Gasteiger charge is -2.30. The van der Waals surface area contributed by atoms with Gasteiger partial charge < -0.3 is 9.80 Å². The van der Waals surface area contributed by atoms with Gasteiger partial charge in [0.05, 0.1) is 6.17 Å². The van der Waals surface area contributed by atoms with E-state index in [0.717, 1.165) is 0 Å². The van der Waals surface area contributed by atoms with Crippen LogP contribution in [0.4, 0.5) is 0 Å². The molecule has 0 saturated carbocycles. The highest BCUT2D eigenvalue weighted by Crippen LogP contribution is 2.15. The second kappa shape index (κ2) is 2.52. The summed E-state index contributed by atoms with van der Waals surface area (Å²) in [5.41, 5.74) is 0. The van der Waals surface area contributed by atoms with Crippen molar-refractivity contribution in [2.24, 2.45) is 0 Å². The van der Waals surface area contributed by atoms with E-state index in [1.807, 2.05) is 31.9 Å². The molecule has 2 nitrogen and oxygen atoms in total. The van der Waals surface area contributed by atoms with Crippen molar-refractivity contribution in [2.45, 2.75) is 33.0 Å². The second-order valence-electron chi connectivity index (χ2n) is 2.88. The monoisotopic (exact) mass is 143 g/mol. The molecule has 0 aliphatic carbocycles. The van der Waals surface area contributed by atoms with Gasteiger partial charge in [-0.1, -0.05) is 0 Å². The smallest absolute Gasteiger partial charge is 0.0977 e. The van der Waals surface area contributed by atoms with Gasteiger partial charge in [-0.2, -0.15) is 0 Å². The highest BCUT2D eigenvalue weighted by molar-refractivity contribution is 4.94. The molecule has 0 aromatic carbocycles. The van der Waals surface area contributed by atoms with E-state index < -0.39 is 6.98 Å². The maximum absolute atomic E-state index is 7.27. The first kappa shape index (κ1) is 4.27. The van der Waals surface area contributed by atoms with Crippen molar-refractivity contribution in [1.29, 1.82) is 0 Å². The maximum atomic E-state index is 7.27. The van der Waals surface area contributed by atoms with Crippen molar-refractivity contribution < 1.29 is 4.11 Å². The lowest BCUT2D eigenvalue weighted by molar-refractivity contribution is 0.163. The van der Waals surface area contributed by atoms with Crippen LogP contribution in [-0.2, 0) is 0 Å². The Balaban J connectivity index is 2.72. The summed E-state index contributed by atoms with van der Waals surface area (Å²) in [6.07, 6.45) is 3.40. The Hall–Kier alpha value is -0.660. The molecule has 0 spiro atoms. The zero-order valence-electron chi connectivity index (χ0n) is 9.70. The van der Waals surface area contributed by atoms with Gasteiger partial charge in [-0.3, -0.25) is 0 Å². The van der Waals surface area contributed by atoms with Crippen LogP contribution in [0.5, 0.6) is 0 Å². The van der Waals surface area contributed by atoms with Crippen molar-refractivity contribution in [2.75, 3.05) is 6.98 Å².